The fraction of sp³-hybridized carbons (Fsp3) is 0.500. The van der Waals surface area contributed by atoms with Crippen LogP contribution in [0.3, 0.4) is 0 Å². The molecule has 0 radical (unpaired) electrons. The molecule has 0 spiro atoms. The number of aryl methyl sites for hydroxylation is 1. The summed E-state index contributed by atoms with van der Waals surface area (Å²) in [6.07, 6.45) is 1.38. The standard InChI is InChI=1S/C16H24N2O4/c1-11(2)14(17)16(22,15(20)21)18-13(19)10-6-9-12-7-4-3-5-8-12/h3-5,7-8,11,14,22H,6,9-10,17H2,1-2H3,(H,18,19)(H,20,21)/t14?,16-/m1/s1. The van der Waals surface area contributed by atoms with Gasteiger partial charge in [0.1, 0.15) is 0 Å². The van der Waals surface area contributed by atoms with E-state index in [-0.39, 0.29) is 12.3 Å². The first-order valence-electron chi connectivity index (χ1n) is 7.33. The smallest absolute Gasteiger partial charge is 0.358 e. The molecule has 122 valence electrons. The largest absolute Gasteiger partial charge is 0.478 e. The average molecular weight is 308 g/mol. The van der Waals surface area contributed by atoms with Crippen LogP contribution >= 0.6 is 0 Å². The van der Waals surface area contributed by atoms with Gasteiger partial charge in [0.15, 0.2) is 0 Å². The van der Waals surface area contributed by atoms with Gasteiger partial charge in [0.25, 0.3) is 5.72 Å². The molecule has 0 saturated carbocycles. The van der Waals surface area contributed by atoms with Crippen molar-refractivity contribution >= 4 is 11.9 Å². The molecule has 5 N–H and O–H groups in total. The Morgan fingerprint density at radius 3 is 2.36 bits per heavy atom. The Labute approximate surface area is 130 Å². The zero-order valence-corrected chi connectivity index (χ0v) is 13.0. The van der Waals surface area contributed by atoms with Crippen LogP contribution in [0.2, 0.25) is 0 Å². The third-order valence-electron chi connectivity index (χ3n) is 3.57. The predicted octanol–water partition coefficient (Wildman–Crippen LogP) is 0.882. The van der Waals surface area contributed by atoms with Gasteiger partial charge >= 0.3 is 5.97 Å². The number of rotatable bonds is 8. The Morgan fingerprint density at radius 2 is 1.86 bits per heavy atom. The molecule has 0 heterocycles. The maximum absolute atomic E-state index is 11.9. The maximum Gasteiger partial charge on any atom is 0.358 e. The van der Waals surface area contributed by atoms with Crippen molar-refractivity contribution in [2.24, 2.45) is 11.7 Å². The van der Waals surface area contributed by atoms with Gasteiger partial charge in [-0.1, -0.05) is 44.2 Å². The fourth-order valence-electron chi connectivity index (χ4n) is 2.13. The summed E-state index contributed by atoms with van der Waals surface area (Å²) in [7, 11) is 0. The van der Waals surface area contributed by atoms with Gasteiger partial charge in [0.05, 0.1) is 6.04 Å². The number of nitrogens with two attached hydrogens (primary N) is 1. The molecule has 6 nitrogen and oxygen atoms in total. The van der Waals surface area contributed by atoms with Crippen molar-refractivity contribution < 1.29 is 19.8 Å². The number of amides is 1. The van der Waals surface area contributed by atoms with Gasteiger partial charge in [-0.15, -0.1) is 0 Å². The molecule has 0 bridgehead atoms. The lowest BCUT2D eigenvalue weighted by atomic mass is 9.93. The van der Waals surface area contributed by atoms with E-state index in [0.29, 0.717) is 12.8 Å². The van der Waals surface area contributed by atoms with E-state index in [1.165, 1.54) is 0 Å². The minimum Gasteiger partial charge on any atom is -0.478 e. The molecular formula is C16H24N2O4. The zero-order valence-electron chi connectivity index (χ0n) is 13.0. The van der Waals surface area contributed by atoms with E-state index in [1.54, 1.807) is 13.8 Å². The van der Waals surface area contributed by atoms with Crippen molar-refractivity contribution in [1.82, 2.24) is 5.32 Å². The molecule has 0 aromatic heterocycles. The Balaban J connectivity index is 2.56. The van der Waals surface area contributed by atoms with Crippen molar-refractivity contribution in [2.75, 3.05) is 0 Å². The lowest BCUT2D eigenvalue weighted by molar-refractivity contribution is -0.170. The summed E-state index contributed by atoms with van der Waals surface area (Å²) in [6.45, 7) is 3.36. The molecule has 0 aliphatic rings. The van der Waals surface area contributed by atoms with Crippen molar-refractivity contribution in [2.45, 2.75) is 44.9 Å². The van der Waals surface area contributed by atoms with E-state index in [4.69, 9.17) is 10.8 Å². The SMILES string of the molecule is CC(C)C(N)[C@](O)(NC(=O)CCCc1ccccc1)C(=O)O. The summed E-state index contributed by atoms with van der Waals surface area (Å²) < 4.78 is 0. The number of benzene rings is 1. The maximum atomic E-state index is 11.9. The highest BCUT2D eigenvalue weighted by Gasteiger charge is 2.45. The third-order valence-corrected chi connectivity index (χ3v) is 3.57. The molecule has 0 aliphatic carbocycles. The van der Waals surface area contributed by atoms with E-state index >= 15 is 0 Å². The molecule has 0 fully saturated rings. The zero-order chi connectivity index (χ0) is 16.8. The highest BCUT2D eigenvalue weighted by atomic mass is 16.4. The molecule has 0 saturated heterocycles. The number of aliphatic carboxylic acids is 1. The first-order chi connectivity index (χ1) is 10.3. The molecule has 2 atom stereocenters. The second kappa shape index (κ2) is 7.91. The fourth-order valence-corrected chi connectivity index (χ4v) is 2.13. The van der Waals surface area contributed by atoms with Crippen molar-refractivity contribution in [1.29, 1.82) is 0 Å². The van der Waals surface area contributed by atoms with Crippen LogP contribution in [0.4, 0.5) is 0 Å². The summed E-state index contributed by atoms with van der Waals surface area (Å²) in [5.41, 5.74) is 4.37. The number of carboxylic acids is 1. The summed E-state index contributed by atoms with van der Waals surface area (Å²) >= 11 is 0. The number of hydrogen-bond donors (Lipinski definition) is 4. The van der Waals surface area contributed by atoms with Crippen LogP contribution in [0.1, 0.15) is 32.3 Å². The topological polar surface area (TPSA) is 113 Å². The van der Waals surface area contributed by atoms with Crippen LogP contribution in [0, 0.1) is 5.92 Å². The molecule has 22 heavy (non-hydrogen) atoms. The lowest BCUT2D eigenvalue weighted by Gasteiger charge is -2.32. The molecule has 1 unspecified atom stereocenters. The summed E-state index contributed by atoms with van der Waals surface area (Å²) in [5, 5.41) is 21.5. The predicted molar refractivity (Wildman–Crippen MR) is 82.9 cm³/mol. The van der Waals surface area contributed by atoms with E-state index in [0.717, 1.165) is 5.56 Å². The van der Waals surface area contributed by atoms with Gasteiger partial charge in [-0.3, -0.25) is 4.79 Å². The van der Waals surface area contributed by atoms with Gasteiger partial charge in [-0.25, -0.2) is 4.79 Å². The molecule has 0 aliphatic heterocycles. The highest BCUT2D eigenvalue weighted by Crippen LogP contribution is 2.14. The monoisotopic (exact) mass is 308 g/mol. The Morgan fingerprint density at radius 1 is 1.27 bits per heavy atom. The van der Waals surface area contributed by atoms with Crippen LogP contribution in [-0.2, 0) is 16.0 Å². The Hall–Kier alpha value is -1.92. The second-order valence-corrected chi connectivity index (χ2v) is 5.73. The lowest BCUT2D eigenvalue weighted by Crippen LogP contribution is -2.66. The van der Waals surface area contributed by atoms with Crippen molar-refractivity contribution in [3.05, 3.63) is 35.9 Å². The van der Waals surface area contributed by atoms with E-state index in [9.17, 15) is 14.7 Å². The van der Waals surface area contributed by atoms with Gasteiger partial charge in [0, 0.05) is 6.42 Å². The van der Waals surface area contributed by atoms with Crippen LogP contribution in [-0.4, -0.2) is 33.9 Å². The number of carbonyl (C=O) groups is 2. The summed E-state index contributed by atoms with van der Waals surface area (Å²) in [4.78, 5) is 23.1. The van der Waals surface area contributed by atoms with Gasteiger partial charge in [0.2, 0.25) is 5.91 Å². The van der Waals surface area contributed by atoms with Crippen molar-refractivity contribution in [3.63, 3.8) is 0 Å². The molecule has 1 aromatic carbocycles. The number of aliphatic hydroxyl groups is 1. The number of nitrogens with one attached hydrogen (secondary N) is 1. The minimum atomic E-state index is -2.45. The van der Waals surface area contributed by atoms with Gasteiger partial charge in [-0.2, -0.15) is 0 Å². The van der Waals surface area contributed by atoms with Gasteiger partial charge in [-0.05, 0) is 24.3 Å². The number of carboxylic acid groups (broad SMARTS) is 1. The van der Waals surface area contributed by atoms with Crippen LogP contribution in [0.5, 0.6) is 0 Å². The number of hydrogen-bond acceptors (Lipinski definition) is 4. The van der Waals surface area contributed by atoms with Crippen LogP contribution in [0.25, 0.3) is 0 Å². The molecular weight excluding hydrogens is 284 g/mol. The highest BCUT2D eigenvalue weighted by molar-refractivity contribution is 5.86. The molecule has 1 rings (SSSR count). The molecule has 1 aromatic rings. The summed E-state index contributed by atoms with van der Waals surface area (Å²) in [6, 6.07) is 8.57. The van der Waals surface area contributed by atoms with Crippen LogP contribution < -0.4 is 11.1 Å². The van der Waals surface area contributed by atoms with E-state index in [1.807, 2.05) is 30.3 Å². The Kier molecular flexibility index (Phi) is 6.52. The Bertz CT molecular complexity index is 504. The summed E-state index contributed by atoms with van der Waals surface area (Å²) in [5.74, 6) is -2.38. The minimum absolute atomic E-state index is 0.120. The normalized spacial score (nSPS) is 15.1. The number of carbonyl (C=O) groups excluding carboxylic acids is 1. The average Bonchev–Trinajstić information content (AvgIpc) is 2.47. The van der Waals surface area contributed by atoms with E-state index in [2.05, 4.69) is 5.32 Å². The van der Waals surface area contributed by atoms with Gasteiger partial charge < -0.3 is 21.3 Å². The second-order valence-electron chi connectivity index (χ2n) is 5.73. The third kappa shape index (κ3) is 4.82. The van der Waals surface area contributed by atoms with Crippen LogP contribution in [0.15, 0.2) is 30.3 Å². The molecule has 1 amide bonds. The first-order valence-corrected chi connectivity index (χ1v) is 7.33. The van der Waals surface area contributed by atoms with Crippen molar-refractivity contribution in [3.8, 4) is 0 Å². The van der Waals surface area contributed by atoms with E-state index < -0.39 is 23.6 Å². The quantitative estimate of drug-likeness (QED) is 0.533. The first kappa shape index (κ1) is 18.1. The molecule has 6 heteroatoms.